The number of benzene rings is 3. The summed E-state index contributed by atoms with van der Waals surface area (Å²) in [6, 6.07) is 29.8. The number of nitrogens with zero attached hydrogens (tertiary/aromatic N) is 1. The fourth-order valence-electron chi connectivity index (χ4n) is 4.59. The first-order valence-corrected chi connectivity index (χ1v) is 10.8. The van der Waals surface area contributed by atoms with Crippen LogP contribution in [0, 0.1) is 0 Å². The Morgan fingerprint density at radius 1 is 0.833 bits per heavy atom. The molecule has 3 aromatic carbocycles. The van der Waals surface area contributed by atoms with E-state index in [-0.39, 0.29) is 11.6 Å². The largest absolute Gasteiger partial charge is 0.379 e. The van der Waals surface area contributed by atoms with Crippen molar-refractivity contribution in [3.63, 3.8) is 0 Å². The topological polar surface area (TPSA) is 24.5 Å². The molecule has 1 spiro atoms. The first-order chi connectivity index (χ1) is 14.8. The average molecular weight is 397 g/mol. The lowest BCUT2D eigenvalue weighted by molar-refractivity contribution is -0.0480. The Labute approximate surface area is 178 Å². The SMILES string of the molecule is C1=c2ccccc2=CC2(CCN(Cc3ccccc3)CC2OCc2ccccc2)N1. The quantitative estimate of drug-likeness (QED) is 0.718. The minimum atomic E-state index is -0.170. The molecule has 5 rings (SSSR count). The lowest BCUT2D eigenvalue weighted by Crippen LogP contribution is -2.63. The molecule has 30 heavy (non-hydrogen) atoms. The predicted molar refractivity (Wildman–Crippen MR) is 122 cm³/mol. The highest BCUT2D eigenvalue weighted by atomic mass is 16.5. The van der Waals surface area contributed by atoms with Crippen molar-refractivity contribution >= 4 is 12.3 Å². The summed E-state index contributed by atoms with van der Waals surface area (Å²) in [7, 11) is 0. The van der Waals surface area contributed by atoms with Crippen molar-refractivity contribution in [1.29, 1.82) is 0 Å². The molecule has 3 nitrogen and oxygen atoms in total. The summed E-state index contributed by atoms with van der Waals surface area (Å²) >= 11 is 0. The number of rotatable bonds is 5. The molecule has 0 saturated carbocycles. The predicted octanol–water partition coefficient (Wildman–Crippen LogP) is 3.04. The summed E-state index contributed by atoms with van der Waals surface area (Å²) in [5, 5.41) is 6.27. The highest BCUT2D eigenvalue weighted by Crippen LogP contribution is 2.29. The lowest BCUT2D eigenvalue weighted by atomic mass is 9.82. The van der Waals surface area contributed by atoms with Crippen LogP contribution in [-0.4, -0.2) is 29.6 Å². The molecule has 0 aliphatic carbocycles. The molecule has 1 saturated heterocycles. The Morgan fingerprint density at radius 2 is 1.50 bits per heavy atom. The van der Waals surface area contributed by atoms with Gasteiger partial charge in [-0.25, -0.2) is 0 Å². The number of fused-ring (bicyclic) bond motifs is 1. The number of nitrogens with one attached hydrogen (secondary N) is 1. The normalized spacial score (nSPS) is 23.1. The standard InChI is InChI=1S/C27H28N2O/c1-3-9-22(10-4-1)19-29-16-15-27(17-24-13-7-8-14-25(24)18-28-27)26(20-29)30-21-23-11-5-2-6-12-23/h1-14,17-18,26,28H,15-16,19-21H2. The Morgan fingerprint density at radius 3 is 2.27 bits per heavy atom. The Hall–Kier alpha value is -2.88. The molecule has 1 fully saturated rings. The van der Waals surface area contributed by atoms with Gasteiger partial charge in [0.1, 0.15) is 0 Å². The van der Waals surface area contributed by atoms with Gasteiger partial charge in [0.15, 0.2) is 0 Å². The van der Waals surface area contributed by atoms with Crippen LogP contribution in [0.1, 0.15) is 17.5 Å². The molecule has 0 bridgehead atoms. The van der Waals surface area contributed by atoms with Crippen molar-refractivity contribution in [1.82, 2.24) is 10.2 Å². The van der Waals surface area contributed by atoms with Gasteiger partial charge in [0, 0.05) is 25.8 Å². The number of ether oxygens (including phenoxy) is 1. The minimum Gasteiger partial charge on any atom is -0.379 e. The van der Waals surface area contributed by atoms with E-state index in [4.69, 9.17) is 4.74 Å². The van der Waals surface area contributed by atoms with E-state index in [0.717, 1.165) is 26.1 Å². The Kier molecular flexibility index (Phi) is 5.39. The van der Waals surface area contributed by atoms with E-state index in [0.29, 0.717) is 6.61 Å². The zero-order valence-electron chi connectivity index (χ0n) is 17.2. The maximum atomic E-state index is 6.59. The van der Waals surface area contributed by atoms with Crippen LogP contribution in [0.4, 0.5) is 0 Å². The molecular formula is C27H28N2O. The van der Waals surface area contributed by atoms with Gasteiger partial charge in [-0.1, -0.05) is 84.9 Å². The van der Waals surface area contributed by atoms with Crippen molar-refractivity contribution in [3.8, 4) is 0 Å². The highest BCUT2D eigenvalue weighted by Gasteiger charge is 2.42. The molecule has 1 N–H and O–H groups in total. The van der Waals surface area contributed by atoms with E-state index in [9.17, 15) is 0 Å². The Bertz CT molecular complexity index is 1100. The third-order valence-corrected chi connectivity index (χ3v) is 6.29. The van der Waals surface area contributed by atoms with Crippen LogP contribution in [0.25, 0.3) is 12.3 Å². The maximum absolute atomic E-state index is 6.59. The minimum absolute atomic E-state index is 0.0692. The zero-order valence-corrected chi connectivity index (χ0v) is 17.2. The van der Waals surface area contributed by atoms with Gasteiger partial charge in [-0.2, -0.15) is 0 Å². The van der Waals surface area contributed by atoms with Crippen LogP contribution in [0.2, 0.25) is 0 Å². The van der Waals surface area contributed by atoms with Crippen molar-refractivity contribution in [3.05, 3.63) is 106 Å². The van der Waals surface area contributed by atoms with Gasteiger partial charge < -0.3 is 10.1 Å². The molecule has 0 amide bonds. The van der Waals surface area contributed by atoms with Crippen molar-refractivity contribution in [2.75, 3.05) is 13.1 Å². The monoisotopic (exact) mass is 396 g/mol. The van der Waals surface area contributed by atoms with Gasteiger partial charge in [-0.3, -0.25) is 4.90 Å². The van der Waals surface area contributed by atoms with Crippen LogP contribution < -0.4 is 15.8 Å². The van der Waals surface area contributed by atoms with Crippen LogP contribution in [0.5, 0.6) is 0 Å². The first kappa shape index (κ1) is 19.1. The van der Waals surface area contributed by atoms with Gasteiger partial charge in [-0.05, 0) is 34.1 Å². The molecule has 2 heterocycles. The van der Waals surface area contributed by atoms with Gasteiger partial charge >= 0.3 is 0 Å². The molecule has 0 aromatic heterocycles. The smallest absolute Gasteiger partial charge is 0.0972 e. The van der Waals surface area contributed by atoms with E-state index >= 15 is 0 Å². The summed E-state index contributed by atoms with van der Waals surface area (Å²) in [6.07, 6.45) is 5.66. The third kappa shape index (κ3) is 4.04. The van der Waals surface area contributed by atoms with Crippen LogP contribution in [-0.2, 0) is 17.9 Å². The van der Waals surface area contributed by atoms with Crippen molar-refractivity contribution in [2.45, 2.75) is 31.2 Å². The van der Waals surface area contributed by atoms with E-state index < -0.39 is 0 Å². The second-order valence-corrected chi connectivity index (χ2v) is 8.36. The molecule has 0 radical (unpaired) electrons. The summed E-state index contributed by atoms with van der Waals surface area (Å²) in [4.78, 5) is 2.52. The molecule has 2 aliphatic rings. The second kappa shape index (κ2) is 8.47. The Balaban J connectivity index is 1.40. The molecule has 152 valence electrons. The third-order valence-electron chi connectivity index (χ3n) is 6.29. The van der Waals surface area contributed by atoms with Crippen LogP contribution >= 0.6 is 0 Å². The van der Waals surface area contributed by atoms with Crippen molar-refractivity contribution < 1.29 is 4.74 Å². The second-order valence-electron chi connectivity index (χ2n) is 8.36. The van der Waals surface area contributed by atoms with Gasteiger partial charge in [-0.15, -0.1) is 0 Å². The first-order valence-electron chi connectivity index (χ1n) is 10.8. The van der Waals surface area contributed by atoms with Crippen LogP contribution in [0.3, 0.4) is 0 Å². The fourth-order valence-corrected chi connectivity index (χ4v) is 4.59. The molecule has 2 aliphatic heterocycles. The van der Waals surface area contributed by atoms with Crippen molar-refractivity contribution in [2.24, 2.45) is 0 Å². The van der Waals surface area contributed by atoms with E-state index in [2.05, 4.69) is 107 Å². The molecule has 3 heteroatoms. The van der Waals surface area contributed by atoms with E-state index in [1.54, 1.807) is 0 Å². The summed E-state index contributed by atoms with van der Waals surface area (Å²) in [5.74, 6) is 0. The molecule has 3 aromatic rings. The summed E-state index contributed by atoms with van der Waals surface area (Å²) < 4.78 is 6.59. The van der Waals surface area contributed by atoms with Gasteiger partial charge in [0.25, 0.3) is 0 Å². The van der Waals surface area contributed by atoms with Gasteiger partial charge in [0.05, 0.1) is 18.2 Å². The summed E-state index contributed by atoms with van der Waals surface area (Å²) in [6.45, 7) is 3.53. The zero-order chi connectivity index (χ0) is 20.2. The van der Waals surface area contributed by atoms with E-state index in [1.807, 2.05) is 0 Å². The molecule has 2 atom stereocenters. The number of hydrogen-bond acceptors (Lipinski definition) is 3. The van der Waals surface area contributed by atoms with Gasteiger partial charge in [0.2, 0.25) is 0 Å². The number of likely N-dealkylation sites (tertiary alicyclic amines) is 1. The number of piperidine rings is 1. The van der Waals surface area contributed by atoms with E-state index in [1.165, 1.54) is 21.6 Å². The fraction of sp³-hybridized carbons (Fsp3) is 0.259. The molecule has 2 unspecified atom stereocenters. The summed E-state index contributed by atoms with van der Waals surface area (Å²) in [5.41, 5.74) is 2.40. The number of hydrogen-bond donors (Lipinski definition) is 1. The average Bonchev–Trinajstić information content (AvgIpc) is 2.81. The highest BCUT2D eigenvalue weighted by molar-refractivity contribution is 5.49. The maximum Gasteiger partial charge on any atom is 0.0972 e. The lowest BCUT2D eigenvalue weighted by Gasteiger charge is -2.47. The molecular weight excluding hydrogens is 368 g/mol. The van der Waals surface area contributed by atoms with Crippen LogP contribution in [0.15, 0.2) is 84.9 Å².